The van der Waals surface area contributed by atoms with Crippen molar-refractivity contribution in [1.82, 2.24) is 9.97 Å². The van der Waals surface area contributed by atoms with Crippen LogP contribution in [0.4, 0.5) is 16.0 Å². The zero-order valence-electron chi connectivity index (χ0n) is 12.1. The molecule has 1 amide bonds. The smallest absolute Gasteiger partial charge is 0.258 e. The Balaban J connectivity index is 1.64. The summed E-state index contributed by atoms with van der Waals surface area (Å²) in [5.74, 6) is -0.386. The van der Waals surface area contributed by atoms with Crippen LogP contribution in [0.2, 0.25) is 0 Å². The SMILES string of the molecule is O=C(Nc1ccccc1F)c1cnc(NC2CCCC2)nc1. The Morgan fingerprint density at radius 2 is 1.82 bits per heavy atom. The van der Waals surface area contributed by atoms with E-state index in [1.165, 1.54) is 37.4 Å². The number of halogens is 1. The summed E-state index contributed by atoms with van der Waals surface area (Å²) in [5, 5.41) is 5.76. The number of carbonyl (C=O) groups is 1. The van der Waals surface area contributed by atoms with E-state index in [9.17, 15) is 9.18 Å². The summed E-state index contributed by atoms with van der Waals surface area (Å²) >= 11 is 0. The third-order valence-electron chi connectivity index (χ3n) is 3.72. The van der Waals surface area contributed by atoms with Gasteiger partial charge in [0.25, 0.3) is 5.91 Å². The van der Waals surface area contributed by atoms with E-state index in [4.69, 9.17) is 0 Å². The summed E-state index contributed by atoms with van der Waals surface area (Å²) < 4.78 is 13.5. The molecule has 1 aliphatic carbocycles. The number of para-hydroxylation sites is 1. The van der Waals surface area contributed by atoms with Gasteiger partial charge in [-0.1, -0.05) is 25.0 Å². The number of hydrogen-bond acceptors (Lipinski definition) is 4. The van der Waals surface area contributed by atoms with Crippen LogP contribution >= 0.6 is 0 Å². The van der Waals surface area contributed by atoms with Crippen molar-refractivity contribution in [3.8, 4) is 0 Å². The number of anilines is 2. The fraction of sp³-hybridized carbons (Fsp3) is 0.312. The van der Waals surface area contributed by atoms with Crippen molar-refractivity contribution in [1.29, 1.82) is 0 Å². The van der Waals surface area contributed by atoms with Gasteiger partial charge in [-0.2, -0.15) is 0 Å². The molecular formula is C16H17FN4O. The van der Waals surface area contributed by atoms with Gasteiger partial charge in [0.15, 0.2) is 0 Å². The Hall–Kier alpha value is -2.50. The number of amides is 1. The summed E-state index contributed by atoms with van der Waals surface area (Å²) in [6.45, 7) is 0. The minimum atomic E-state index is -0.476. The highest BCUT2D eigenvalue weighted by atomic mass is 19.1. The van der Waals surface area contributed by atoms with Crippen LogP contribution in [-0.2, 0) is 0 Å². The maximum Gasteiger partial charge on any atom is 0.258 e. The molecule has 0 radical (unpaired) electrons. The predicted molar refractivity (Wildman–Crippen MR) is 82.3 cm³/mol. The number of nitrogens with zero attached hydrogens (tertiary/aromatic N) is 2. The molecule has 0 unspecified atom stereocenters. The summed E-state index contributed by atoms with van der Waals surface area (Å²) in [6, 6.07) is 6.43. The second kappa shape index (κ2) is 6.51. The van der Waals surface area contributed by atoms with Gasteiger partial charge in [0.1, 0.15) is 5.82 Å². The van der Waals surface area contributed by atoms with Crippen LogP contribution in [0.25, 0.3) is 0 Å². The van der Waals surface area contributed by atoms with Crippen molar-refractivity contribution in [2.75, 3.05) is 10.6 Å². The number of rotatable bonds is 4. The van der Waals surface area contributed by atoms with Crippen molar-refractivity contribution in [2.24, 2.45) is 0 Å². The van der Waals surface area contributed by atoms with Crippen LogP contribution in [-0.4, -0.2) is 21.9 Å². The molecule has 1 aliphatic rings. The zero-order valence-corrected chi connectivity index (χ0v) is 12.1. The molecule has 1 fully saturated rings. The Morgan fingerprint density at radius 3 is 2.50 bits per heavy atom. The molecule has 0 bridgehead atoms. The Bertz CT molecular complexity index is 653. The molecule has 0 spiro atoms. The highest BCUT2D eigenvalue weighted by Crippen LogP contribution is 2.20. The third kappa shape index (κ3) is 3.39. The van der Waals surface area contributed by atoms with Gasteiger partial charge < -0.3 is 10.6 Å². The maximum atomic E-state index is 13.5. The average molecular weight is 300 g/mol. The number of aromatic nitrogens is 2. The van der Waals surface area contributed by atoms with Crippen LogP contribution in [0, 0.1) is 5.82 Å². The minimum Gasteiger partial charge on any atom is -0.351 e. The lowest BCUT2D eigenvalue weighted by Crippen LogP contribution is -2.18. The second-order valence-electron chi connectivity index (χ2n) is 5.36. The predicted octanol–water partition coefficient (Wildman–Crippen LogP) is 3.22. The normalized spacial score (nSPS) is 14.8. The Labute approximate surface area is 128 Å². The Morgan fingerprint density at radius 1 is 1.14 bits per heavy atom. The molecule has 5 nitrogen and oxygen atoms in total. The van der Waals surface area contributed by atoms with Crippen LogP contribution in [0.3, 0.4) is 0 Å². The highest BCUT2D eigenvalue weighted by Gasteiger charge is 2.16. The standard InChI is InChI=1S/C16H17FN4O/c17-13-7-3-4-8-14(13)21-15(22)11-9-18-16(19-10-11)20-12-5-1-2-6-12/h3-4,7-10,12H,1-2,5-6H2,(H,21,22)(H,18,19,20). The Kier molecular flexibility index (Phi) is 4.27. The average Bonchev–Trinajstić information content (AvgIpc) is 3.03. The molecule has 0 aliphatic heterocycles. The molecule has 3 rings (SSSR count). The summed E-state index contributed by atoms with van der Waals surface area (Å²) in [6.07, 6.45) is 7.58. The molecule has 22 heavy (non-hydrogen) atoms. The van der Waals surface area contributed by atoms with E-state index in [1.807, 2.05) is 0 Å². The summed E-state index contributed by atoms with van der Waals surface area (Å²) in [5.41, 5.74) is 0.431. The van der Waals surface area contributed by atoms with E-state index in [-0.39, 0.29) is 5.69 Å². The first-order chi connectivity index (χ1) is 10.7. The fourth-order valence-electron chi connectivity index (χ4n) is 2.53. The van der Waals surface area contributed by atoms with Crippen molar-refractivity contribution in [3.63, 3.8) is 0 Å². The number of benzene rings is 1. The maximum absolute atomic E-state index is 13.5. The molecule has 2 N–H and O–H groups in total. The number of hydrogen-bond donors (Lipinski definition) is 2. The van der Waals surface area contributed by atoms with Gasteiger partial charge in [0.2, 0.25) is 5.95 Å². The molecule has 2 aromatic rings. The molecule has 6 heteroatoms. The van der Waals surface area contributed by atoms with E-state index in [0.29, 0.717) is 17.6 Å². The van der Waals surface area contributed by atoms with Gasteiger partial charge in [0, 0.05) is 18.4 Å². The second-order valence-corrected chi connectivity index (χ2v) is 5.36. The van der Waals surface area contributed by atoms with Gasteiger partial charge >= 0.3 is 0 Å². The molecule has 0 saturated heterocycles. The van der Waals surface area contributed by atoms with Crippen LogP contribution < -0.4 is 10.6 Å². The first kappa shape index (κ1) is 14.4. The molecule has 1 saturated carbocycles. The van der Waals surface area contributed by atoms with E-state index >= 15 is 0 Å². The van der Waals surface area contributed by atoms with Crippen LogP contribution in [0.15, 0.2) is 36.7 Å². The monoisotopic (exact) mass is 300 g/mol. The number of nitrogens with one attached hydrogen (secondary N) is 2. The first-order valence-electron chi connectivity index (χ1n) is 7.37. The lowest BCUT2D eigenvalue weighted by atomic mass is 10.2. The lowest BCUT2D eigenvalue weighted by molar-refractivity contribution is 0.102. The number of carbonyl (C=O) groups excluding carboxylic acids is 1. The van der Waals surface area contributed by atoms with Crippen molar-refractivity contribution >= 4 is 17.5 Å². The first-order valence-corrected chi connectivity index (χ1v) is 7.37. The van der Waals surface area contributed by atoms with Gasteiger partial charge in [-0.3, -0.25) is 4.79 Å². The van der Waals surface area contributed by atoms with Crippen LogP contribution in [0.5, 0.6) is 0 Å². The molecule has 1 aromatic heterocycles. The zero-order chi connectivity index (χ0) is 15.4. The molecule has 1 heterocycles. The molecule has 114 valence electrons. The van der Waals surface area contributed by atoms with Gasteiger partial charge in [-0.15, -0.1) is 0 Å². The summed E-state index contributed by atoms with van der Waals surface area (Å²) in [7, 11) is 0. The van der Waals surface area contributed by atoms with Crippen molar-refractivity contribution in [2.45, 2.75) is 31.7 Å². The molecule has 0 atom stereocenters. The fourth-order valence-corrected chi connectivity index (χ4v) is 2.53. The van der Waals surface area contributed by atoms with Crippen molar-refractivity contribution < 1.29 is 9.18 Å². The van der Waals surface area contributed by atoms with E-state index in [2.05, 4.69) is 20.6 Å². The van der Waals surface area contributed by atoms with E-state index in [0.717, 1.165) is 12.8 Å². The molecular weight excluding hydrogens is 283 g/mol. The highest BCUT2D eigenvalue weighted by molar-refractivity contribution is 6.03. The van der Waals surface area contributed by atoms with E-state index < -0.39 is 11.7 Å². The quantitative estimate of drug-likeness (QED) is 0.909. The molecule has 1 aromatic carbocycles. The lowest BCUT2D eigenvalue weighted by Gasteiger charge is -2.11. The minimum absolute atomic E-state index is 0.139. The topological polar surface area (TPSA) is 66.9 Å². The summed E-state index contributed by atoms with van der Waals surface area (Å²) in [4.78, 5) is 20.3. The van der Waals surface area contributed by atoms with Gasteiger partial charge in [-0.05, 0) is 25.0 Å². The van der Waals surface area contributed by atoms with Crippen LogP contribution in [0.1, 0.15) is 36.0 Å². The van der Waals surface area contributed by atoms with Gasteiger partial charge in [0.05, 0.1) is 11.3 Å². The largest absolute Gasteiger partial charge is 0.351 e. The van der Waals surface area contributed by atoms with Crippen molar-refractivity contribution in [3.05, 3.63) is 48.0 Å². The third-order valence-corrected chi connectivity index (χ3v) is 3.72. The van der Waals surface area contributed by atoms with E-state index in [1.54, 1.807) is 12.1 Å². The van der Waals surface area contributed by atoms with Gasteiger partial charge in [-0.25, -0.2) is 14.4 Å².